The molecule has 0 aliphatic heterocycles. The fraction of sp³-hybridized carbons (Fsp3) is 0.409. The number of amides is 1. The predicted octanol–water partition coefficient (Wildman–Crippen LogP) is 3.06. The normalized spacial score (nSPS) is 12.6. The average Bonchev–Trinajstić information content (AvgIpc) is 2.67. The monoisotopic (exact) mass is 418 g/mol. The smallest absolute Gasteiger partial charge is 0.241 e. The molecule has 2 rings (SSSR count). The van der Waals surface area contributed by atoms with Crippen LogP contribution in [0.2, 0.25) is 0 Å². The molecular formula is C22H30N2O4S. The van der Waals surface area contributed by atoms with Crippen LogP contribution < -0.4 is 14.8 Å². The van der Waals surface area contributed by atoms with Crippen molar-refractivity contribution < 1.29 is 17.9 Å². The summed E-state index contributed by atoms with van der Waals surface area (Å²) < 4.78 is 33.7. The molecular weight excluding hydrogens is 388 g/mol. The second kappa shape index (κ2) is 10.4. The lowest BCUT2D eigenvalue weighted by Gasteiger charge is -2.19. The highest BCUT2D eigenvalue weighted by Crippen LogP contribution is 2.21. The van der Waals surface area contributed by atoms with Crippen molar-refractivity contribution in [3.05, 3.63) is 59.7 Å². The van der Waals surface area contributed by atoms with Crippen molar-refractivity contribution >= 4 is 15.9 Å². The molecule has 0 aliphatic rings. The summed E-state index contributed by atoms with van der Waals surface area (Å²) in [6.07, 6.45) is 1.09. The lowest BCUT2D eigenvalue weighted by atomic mass is 10.1. The molecule has 2 N–H and O–H groups in total. The molecule has 2 aromatic carbocycles. The van der Waals surface area contributed by atoms with Gasteiger partial charge in [-0.2, -0.15) is 4.72 Å². The number of benzene rings is 2. The fourth-order valence-electron chi connectivity index (χ4n) is 2.92. The number of hydrogen-bond donors (Lipinski definition) is 2. The summed E-state index contributed by atoms with van der Waals surface area (Å²) in [4.78, 5) is 12.8. The van der Waals surface area contributed by atoms with E-state index in [1.807, 2.05) is 30.3 Å². The summed E-state index contributed by atoms with van der Waals surface area (Å²) in [5.74, 6) is 0.723. The van der Waals surface area contributed by atoms with Crippen LogP contribution in [0, 0.1) is 12.8 Å². The molecule has 2 aromatic rings. The molecule has 29 heavy (non-hydrogen) atoms. The van der Waals surface area contributed by atoms with Gasteiger partial charge in [0.2, 0.25) is 15.9 Å². The van der Waals surface area contributed by atoms with Gasteiger partial charge in [-0.15, -0.1) is 0 Å². The summed E-state index contributed by atoms with van der Waals surface area (Å²) in [5.41, 5.74) is 1.58. The molecule has 1 amide bonds. The minimum atomic E-state index is -3.88. The number of aryl methyl sites for hydroxylation is 1. The number of ether oxygens (including phenoxy) is 1. The van der Waals surface area contributed by atoms with E-state index in [0.717, 1.165) is 12.0 Å². The molecule has 0 aromatic heterocycles. The number of nitrogens with one attached hydrogen (secondary N) is 2. The van der Waals surface area contributed by atoms with Crippen LogP contribution in [-0.2, 0) is 21.2 Å². The maximum atomic E-state index is 12.9. The third-order valence-electron chi connectivity index (χ3n) is 4.59. The third kappa shape index (κ3) is 6.87. The number of methoxy groups -OCH3 is 1. The van der Waals surface area contributed by atoms with Crippen LogP contribution in [0.3, 0.4) is 0 Å². The second-order valence-corrected chi connectivity index (χ2v) is 9.18. The van der Waals surface area contributed by atoms with Gasteiger partial charge >= 0.3 is 0 Å². The number of rotatable bonds is 10. The van der Waals surface area contributed by atoms with Crippen molar-refractivity contribution in [2.24, 2.45) is 5.92 Å². The van der Waals surface area contributed by atoms with Gasteiger partial charge in [-0.25, -0.2) is 8.42 Å². The first-order valence-corrected chi connectivity index (χ1v) is 11.2. The first kappa shape index (κ1) is 22.9. The molecule has 0 radical (unpaired) electrons. The first-order chi connectivity index (χ1) is 13.7. The Hall–Kier alpha value is -2.38. The van der Waals surface area contributed by atoms with Gasteiger partial charge in [0.1, 0.15) is 11.8 Å². The van der Waals surface area contributed by atoms with Gasteiger partial charge in [0.15, 0.2) is 0 Å². The van der Waals surface area contributed by atoms with Gasteiger partial charge in [0, 0.05) is 6.54 Å². The highest BCUT2D eigenvalue weighted by molar-refractivity contribution is 7.89. The second-order valence-electron chi connectivity index (χ2n) is 7.47. The number of sulfonamides is 1. The molecule has 0 spiro atoms. The Morgan fingerprint density at radius 2 is 1.79 bits per heavy atom. The molecule has 0 aliphatic carbocycles. The molecule has 7 heteroatoms. The van der Waals surface area contributed by atoms with Crippen LogP contribution in [0.5, 0.6) is 5.75 Å². The first-order valence-electron chi connectivity index (χ1n) is 9.71. The summed E-state index contributed by atoms with van der Waals surface area (Å²) in [6.45, 7) is 6.42. The minimum absolute atomic E-state index is 0.101. The zero-order valence-electron chi connectivity index (χ0n) is 17.4. The summed E-state index contributed by atoms with van der Waals surface area (Å²) in [6, 6.07) is 13.1. The van der Waals surface area contributed by atoms with Crippen LogP contribution in [-0.4, -0.2) is 34.0 Å². The highest BCUT2D eigenvalue weighted by atomic mass is 32.2. The molecule has 1 unspecified atom stereocenters. The van der Waals surface area contributed by atoms with Crippen molar-refractivity contribution in [3.63, 3.8) is 0 Å². The number of hydrogen-bond acceptors (Lipinski definition) is 4. The Kier molecular flexibility index (Phi) is 8.22. The van der Waals surface area contributed by atoms with E-state index in [0.29, 0.717) is 23.8 Å². The zero-order valence-corrected chi connectivity index (χ0v) is 18.3. The standard InChI is InChI=1S/C22H30N2O4S/c1-16(2)12-13-23-22(25)20(15-18-8-6-5-7-9-18)24-29(26,27)19-10-11-21(28-4)17(3)14-19/h5-11,14,16,20,24H,12-13,15H2,1-4H3,(H,23,25). The lowest BCUT2D eigenvalue weighted by Crippen LogP contribution is -2.48. The average molecular weight is 419 g/mol. The third-order valence-corrected chi connectivity index (χ3v) is 6.06. The van der Waals surface area contributed by atoms with Crippen molar-refractivity contribution in [2.75, 3.05) is 13.7 Å². The Labute approximate surface area is 173 Å². The lowest BCUT2D eigenvalue weighted by molar-refractivity contribution is -0.122. The fourth-order valence-corrected chi connectivity index (χ4v) is 4.20. The maximum Gasteiger partial charge on any atom is 0.241 e. The quantitative estimate of drug-likeness (QED) is 0.621. The van der Waals surface area contributed by atoms with Gasteiger partial charge in [0.05, 0.1) is 12.0 Å². The summed E-state index contributed by atoms with van der Waals surface area (Å²) in [5, 5.41) is 2.85. The Morgan fingerprint density at radius 1 is 1.10 bits per heavy atom. The van der Waals surface area contributed by atoms with Crippen LogP contribution >= 0.6 is 0 Å². The van der Waals surface area contributed by atoms with Gasteiger partial charge in [-0.3, -0.25) is 4.79 Å². The van der Waals surface area contributed by atoms with Crippen LogP contribution in [0.4, 0.5) is 0 Å². The zero-order chi connectivity index (χ0) is 21.4. The number of carbonyl (C=O) groups is 1. The van der Waals surface area contributed by atoms with E-state index in [2.05, 4.69) is 23.9 Å². The Bertz CT molecular complexity index is 912. The Balaban J connectivity index is 2.22. The van der Waals surface area contributed by atoms with E-state index in [1.54, 1.807) is 13.0 Å². The van der Waals surface area contributed by atoms with Crippen LogP contribution in [0.25, 0.3) is 0 Å². The van der Waals surface area contributed by atoms with Crippen LogP contribution in [0.15, 0.2) is 53.4 Å². The Morgan fingerprint density at radius 3 is 2.38 bits per heavy atom. The maximum absolute atomic E-state index is 12.9. The predicted molar refractivity (Wildman–Crippen MR) is 114 cm³/mol. The molecule has 158 valence electrons. The molecule has 6 nitrogen and oxygen atoms in total. The molecule has 0 saturated carbocycles. The van der Waals surface area contributed by atoms with Crippen molar-refractivity contribution in [1.29, 1.82) is 0 Å². The molecule has 0 heterocycles. The number of carbonyl (C=O) groups excluding carboxylic acids is 1. The van der Waals surface area contributed by atoms with Crippen molar-refractivity contribution in [3.8, 4) is 5.75 Å². The van der Waals surface area contributed by atoms with Gasteiger partial charge in [-0.1, -0.05) is 44.2 Å². The van der Waals surface area contributed by atoms with E-state index in [4.69, 9.17) is 4.74 Å². The minimum Gasteiger partial charge on any atom is -0.496 e. The molecule has 0 saturated heterocycles. The largest absolute Gasteiger partial charge is 0.496 e. The molecule has 1 atom stereocenters. The summed E-state index contributed by atoms with van der Waals surface area (Å²) >= 11 is 0. The van der Waals surface area contributed by atoms with Gasteiger partial charge in [-0.05, 0) is 55.0 Å². The SMILES string of the molecule is COc1ccc(S(=O)(=O)NC(Cc2ccccc2)C(=O)NCCC(C)C)cc1C. The molecule has 0 fully saturated rings. The molecule has 0 bridgehead atoms. The van der Waals surface area contributed by atoms with Crippen LogP contribution in [0.1, 0.15) is 31.4 Å². The van der Waals surface area contributed by atoms with E-state index in [9.17, 15) is 13.2 Å². The van der Waals surface area contributed by atoms with Gasteiger partial charge < -0.3 is 10.1 Å². The van der Waals surface area contributed by atoms with E-state index < -0.39 is 16.1 Å². The van der Waals surface area contributed by atoms with E-state index in [-0.39, 0.29) is 17.2 Å². The van der Waals surface area contributed by atoms with Crippen molar-refractivity contribution in [2.45, 2.75) is 44.6 Å². The van der Waals surface area contributed by atoms with E-state index in [1.165, 1.54) is 19.2 Å². The highest BCUT2D eigenvalue weighted by Gasteiger charge is 2.26. The van der Waals surface area contributed by atoms with Crippen molar-refractivity contribution in [1.82, 2.24) is 10.0 Å². The summed E-state index contributed by atoms with van der Waals surface area (Å²) in [7, 11) is -2.35. The van der Waals surface area contributed by atoms with Gasteiger partial charge in [0.25, 0.3) is 0 Å². The van der Waals surface area contributed by atoms with E-state index >= 15 is 0 Å². The topological polar surface area (TPSA) is 84.5 Å².